The van der Waals surface area contributed by atoms with Crippen molar-refractivity contribution in [2.45, 2.75) is 80.1 Å². The van der Waals surface area contributed by atoms with E-state index in [-0.39, 0.29) is 11.8 Å². The molecule has 2 nitrogen and oxygen atoms in total. The fourth-order valence-corrected chi connectivity index (χ4v) is 7.54. The molecule has 0 bridgehead atoms. The fraction of sp³-hybridized carbons (Fsp3) is 0.472. The first-order valence-corrected chi connectivity index (χ1v) is 15.0. The Kier molecular flexibility index (Phi) is 7.44. The second kappa shape index (κ2) is 10.4. The molecule has 40 heavy (non-hydrogen) atoms. The quantitative estimate of drug-likeness (QED) is 0.222. The van der Waals surface area contributed by atoms with Crippen molar-refractivity contribution in [3.05, 3.63) is 82.4 Å². The van der Waals surface area contributed by atoms with Crippen LogP contribution in [0.25, 0.3) is 28.1 Å². The van der Waals surface area contributed by atoms with Crippen molar-refractivity contribution in [1.82, 2.24) is 4.57 Å². The Morgan fingerprint density at radius 2 is 1.32 bits per heavy atom. The van der Waals surface area contributed by atoms with Crippen LogP contribution in [-0.4, -0.2) is 4.57 Å². The van der Waals surface area contributed by atoms with Crippen molar-refractivity contribution >= 4 is 11.0 Å². The summed E-state index contributed by atoms with van der Waals surface area (Å²) in [6.07, 6.45) is 0. The van der Waals surface area contributed by atoms with Crippen LogP contribution in [0.2, 0.25) is 0 Å². The van der Waals surface area contributed by atoms with Gasteiger partial charge in [0.05, 0.1) is 7.05 Å². The SMILES string of the molecule is Cc1cc(F)cc(F)c1-c1n(-c2c(C(C)C)cc(C3C(C)C(C)C(C)C3C)cc2C(C)C)c2ccccc2[n+]1C. The predicted octanol–water partition coefficient (Wildman–Crippen LogP) is 9.60. The van der Waals surface area contributed by atoms with Crippen LogP contribution in [0.5, 0.6) is 0 Å². The molecule has 4 atom stereocenters. The number of imidazole rings is 1. The summed E-state index contributed by atoms with van der Waals surface area (Å²) in [7, 11) is 1.99. The molecule has 0 saturated heterocycles. The highest BCUT2D eigenvalue weighted by Crippen LogP contribution is 2.52. The smallest absolute Gasteiger partial charge is 0.225 e. The first-order valence-electron chi connectivity index (χ1n) is 15.0. The maximum atomic E-state index is 15.7. The highest BCUT2D eigenvalue weighted by Gasteiger charge is 2.43. The van der Waals surface area contributed by atoms with E-state index in [1.165, 1.54) is 22.8 Å². The molecular weight excluding hydrogens is 498 g/mol. The van der Waals surface area contributed by atoms with E-state index < -0.39 is 11.6 Å². The topological polar surface area (TPSA) is 8.81 Å². The van der Waals surface area contributed by atoms with E-state index in [9.17, 15) is 4.39 Å². The summed E-state index contributed by atoms with van der Waals surface area (Å²) in [5.41, 5.74) is 8.16. The van der Waals surface area contributed by atoms with Gasteiger partial charge in [-0.3, -0.25) is 0 Å². The summed E-state index contributed by atoms with van der Waals surface area (Å²) in [5, 5.41) is 0. The average Bonchev–Trinajstić information content (AvgIpc) is 3.28. The Morgan fingerprint density at radius 3 is 1.85 bits per heavy atom. The van der Waals surface area contributed by atoms with Gasteiger partial charge in [-0.25, -0.2) is 13.3 Å². The van der Waals surface area contributed by atoms with Gasteiger partial charge >= 0.3 is 0 Å². The lowest BCUT2D eigenvalue weighted by Crippen LogP contribution is -2.31. The number of rotatable bonds is 5. The first-order chi connectivity index (χ1) is 18.8. The molecule has 1 aliphatic carbocycles. The molecule has 0 radical (unpaired) electrons. The van der Waals surface area contributed by atoms with E-state index in [0.29, 0.717) is 40.7 Å². The number of benzene rings is 3. The molecule has 212 valence electrons. The van der Waals surface area contributed by atoms with Crippen LogP contribution in [0.1, 0.15) is 95.4 Å². The zero-order chi connectivity index (χ0) is 29.2. The molecule has 4 heteroatoms. The third-order valence-electron chi connectivity index (χ3n) is 10.2. The van der Waals surface area contributed by atoms with Gasteiger partial charge < -0.3 is 0 Å². The van der Waals surface area contributed by atoms with Gasteiger partial charge in [0.2, 0.25) is 0 Å². The minimum absolute atomic E-state index is 0.257. The minimum Gasteiger partial charge on any atom is -0.225 e. The van der Waals surface area contributed by atoms with E-state index in [2.05, 4.69) is 88.8 Å². The van der Waals surface area contributed by atoms with Crippen LogP contribution >= 0.6 is 0 Å². The molecule has 5 rings (SSSR count). The van der Waals surface area contributed by atoms with Gasteiger partial charge in [0, 0.05) is 17.2 Å². The summed E-state index contributed by atoms with van der Waals surface area (Å²) in [5.74, 6) is 3.22. The van der Waals surface area contributed by atoms with Crippen LogP contribution < -0.4 is 4.57 Å². The van der Waals surface area contributed by atoms with Gasteiger partial charge in [-0.05, 0) is 77.7 Å². The van der Waals surface area contributed by atoms with Gasteiger partial charge in [-0.2, -0.15) is 4.57 Å². The van der Waals surface area contributed by atoms with Crippen molar-refractivity contribution in [3.8, 4) is 17.1 Å². The molecule has 0 spiro atoms. The number of aryl methyl sites for hydroxylation is 2. The summed E-state index contributed by atoms with van der Waals surface area (Å²) in [6.45, 7) is 20.5. The van der Waals surface area contributed by atoms with Crippen molar-refractivity contribution < 1.29 is 13.3 Å². The molecule has 1 fully saturated rings. The molecule has 1 aliphatic rings. The van der Waals surface area contributed by atoms with Crippen LogP contribution in [0.3, 0.4) is 0 Å². The van der Waals surface area contributed by atoms with E-state index in [4.69, 9.17) is 0 Å². The van der Waals surface area contributed by atoms with Crippen LogP contribution in [0.4, 0.5) is 8.78 Å². The van der Waals surface area contributed by atoms with E-state index in [1.54, 1.807) is 6.92 Å². The van der Waals surface area contributed by atoms with Crippen LogP contribution in [0, 0.1) is 42.2 Å². The number of fused-ring (bicyclic) bond motifs is 1. The van der Waals surface area contributed by atoms with Crippen LogP contribution in [-0.2, 0) is 7.05 Å². The predicted molar refractivity (Wildman–Crippen MR) is 162 cm³/mol. The standard InChI is InChI=1S/C36H45F2N2/c1-19(2)28-16-26(34-24(8)22(6)23(7)25(34)9)17-29(20(3)4)35(28)40-32-14-12-11-13-31(32)39(10)36(40)33-21(5)15-27(37)18-30(33)38/h11-20,22-25,34H,1-10H3/q+1. The molecule has 3 aromatic carbocycles. The number of nitrogens with zero attached hydrogens (tertiary/aromatic N) is 2. The monoisotopic (exact) mass is 543 g/mol. The Bertz CT molecular complexity index is 1510. The maximum absolute atomic E-state index is 15.7. The first kappa shape index (κ1) is 28.5. The number of hydrogen-bond donors (Lipinski definition) is 0. The average molecular weight is 544 g/mol. The van der Waals surface area contributed by atoms with Crippen molar-refractivity contribution in [2.24, 2.45) is 30.7 Å². The molecule has 0 N–H and O–H groups in total. The molecule has 1 heterocycles. The molecular formula is C36H45F2N2+. The van der Waals surface area contributed by atoms with Crippen molar-refractivity contribution in [3.63, 3.8) is 0 Å². The lowest BCUT2D eigenvalue weighted by molar-refractivity contribution is -0.633. The largest absolute Gasteiger partial charge is 0.298 e. The summed E-state index contributed by atoms with van der Waals surface area (Å²) < 4.78 is 34.2. The van der Waals surface area contributed by atoms with E-state index in [1.807, 2.05) is 19.2 Å². The number of hydrogen-bond acceptors (Lipinski definition) is 0. The van der Waals surface area contributed by atoms with Gasteiger partial charge in [0.15, 0.2) is 11.0 Å². The molecule has 0 amide bonds. The second-order valence-electron chi connectivity index (χ2n) is 13.1. The van der Waals surface area contributed by atoms with E-state index in [0.717, 1.165) is 28.6 Å². The number of aromatic nitrogens is 2. The normalized spacial score (nSPS) is 23.2. The zero-order valence-corrected chi connectivity index (χ0v) is 25.8. The summed E-state index contributed by atoms with van der Waals surface area (Å²) >= 11 is 0. The summed E-state index contributed by atoms with van der Waals surface area (Å²) in [6, 6.07) is 15.6. The van der Waals surface area contributed by atoms with Gasteiger partial charge in [0.25, 0.3) is 5.82 Å². The maximum Gasteiger partial charge on any atom is 0.298 e. The number of para-hydroxylation sites is 2. The molecule has 0 aliphatic heterocycles. The lowest BCUT2D eigenvalue weighted by Gasteiger charge is -2.27. The molecule has 4 aromatic rings. The molecule has 1 saturated carbocycles. The zero-order valence-electron chi connectivity index (χ0n) is 25.8. The highest BCUT2D eigenvalue weighted by atomic mass is 19.1. The lowest BCUT2D eigenvalue weighted by atomic mass is 9.79. The third kappa shape index (κ3) is 4.39. The van der Waals surface area contributed by atoms with E-state index >= 15 is 4.39 Å². The Hall–Kier alpha value is -3.01. The third-order valence-corrected chi connectivity index (χ3v) is 10.2. The summed E-state index contributed by atoms with van der Waals surface area (Å²) in [4.78, 5) is 0. The fourth-order valence-electron chi connectivity index (χ4n) is 7.54. The Balaban J connectivity index is 1.90. The Labute approximate surface area is 239 Å². The Morgan fingerprint density at radius 1 is 0.775 bits per heavy atom. The highest BCUT2D eigenvalue weighted by molar-refractivity contribution is 5.81. The molecule has 4 unspecified atom stereocenters. The van der Waals surface area contributed by atoms with Gasteiger partial charge in [-0.1, -0.05) is 79.7 Å². The van der Waals surface area contributed by atoms with Gasteiger partial charge in [-0.15, -0.1) is 0 Å². The molecule has 1 aromatic heterocycles. The minimum atomic E-state index is -0.553. The van der Waals surface area contributed by atoms with Crippen molar-refractivity contribution in [2.75, 3.05) is 0 Å². The van der Waals surface area contributed by atoms with Crippen LogP contribution in [0.15, 0.2) is 48.5 Å². The van der Waals surface area contributed by atoms with Crippen molar-refractivity contribution in [1.29, 1.82) is 0 Å². The van der Waals surface area contributed by atoms with Gasteiger partial charge in [0.1, 0.15) is 22.9 Å². The number of halogens is 2. The second-order valence-corrected chi connectivity index (χ2v) is 13.1.